The molecule has 2 unspecified atom stereocenters. The van der Waals surface area contributed by atoms with Gasteiger partial charge in [0.1, 0.15) is 0 Å². The van der Waals surface area contributed by atoms with Crippen molar-refractivity contribution >= 4 is 22.9 Å². The second-order valence-corrected chi connectivity index (χ2v) is 9.68. The highest BCUT2D eigenvalue weighted by atomic mass is 32.1. The van der Waals surface area contributed by atoms with Crippen molar-refractivity contribution in [2.45, 2.75) is 53.0 Å². The van der Waals surface area contributed by atoms with Crippen molar-refractivity contribution in [2.24, 2.45) is 11.3 Å². The van der Waals surface area contributed by atoms with Crippen molar-refractivity contribution in [1.29, 1.82) is 0 Å². The molecule has 0 aromatic carbocycles. The van der Waals surface area contributed by atoms with Gasteiger partial charge >= 0.3 is 0 Å². The maximum absolute atomic E-state index is 12.8. The van der Waals surface area contributed by atoms with Gasteiger partial charge in [0, 0.05) is 11.1 Å². The summed E-state index contributed by atoms with van der Waals surface area (Å²) in [6.07, 6.45) is 5.29. The molecule has 0 radical (unpaired) electrons. The van der Waals surface area contributed by atoms with Crippen LogP contribution < -0.4 is 5.32 Å². The molecule has 0 aliphatic heterocycles. The maximum Gasteiger partial charge on any atom is 0.261 e. The van der Waals surface area contributed by atoms with Crippen LogP contribution in [0.5, 0.6) is 0 Å². The third kappa shape index (κ3) is 3.50. The zero-order valence-corrected chi connectivity index (χ0v) is 17.1. The standard InChI is InChI=1S/C21H26N4OS/c1-13(19-24-23-18-7-5-6-10-25(18)19)22-20(26)17-12-14-11-15(21(2,3)4)8-9-16(14)27-17/h5-7,10,12-13,15H,8-9,11H2,1-4H3,(H,22,26). The van der Waals surface area contributed by atoms with Gasteiger partial charge in [0.05, 0.1) is 10.9 Å². The van der Waals surface area contributed by atoms with Gasteiger partial charge in [0.15, 0.2) is 11.5 Å². The monoisotopic (exact) mass is 382 g/mol. The molecule has 0 saturated carbocycles. The van der Waals surface area contributed by atoms with E-state index in [1.54, 1.807) is 11.3 Å². The molecule has 3 aromatic rings. The van der Waals surface area contributed by atoms with E-state index in [4.69, 9.17) is 0 Å². The summed E-state index contributed by atoms with van der Waals surface area (Å²) in [5.41, 5.74) is 2.45. The summed E-state index contributed by atoms with van der Waals surface area (Å²) < 4.78 is 1.92. The van der Waals surface area contributed by atoms with Crippen LogP contribution in [0.25, 0.3) is 5.65 Å². The third-order valence-corrected chi connectivity index (χ3v) is 6.84. The molecular formula is C21H26N4OS. The first-order valence-electron chi connectivity index (χ1n) is 9.55. The summed E-state index contributed by atoms with van der Waals surface area (Å²) in [7, 11) is 0. The number of fused-ring (bicyclic) bond motifs is 2. The Kier molecular flexibility index (Phi) is 4.54. The predicted octanol–water partition coefficient (Wildman–Crippen LogP) is 4.43. The Hall–Kier alpha value is -2.21. The highest BCUT2D eigenvalue weighted by Gasteiger charge is 2.30. The van der Waals surface area contributed by atoms with E-state index in [1.165, 1.54) is 16.9 Å². The van der Waals surface area contributed by atoms with Gasteiger partial charge in [-0.3, -0.25) is 9.20 Å². The first-order chi connectivity index (χ1) is 12.8. The second kappa shape index (κ2) is 6.75. The Labute approximate surface area is 163 Å². The van der Waals surface area contributed by atoms with Crippen LogP contribution in [0, 0.1) is 11.3 Å². The van der Waals surface area contributed by atoms with Crippen molar-refractivity contribution in [2.75, 3.05) is 0 Å². The summed E-state index contributed by atoms with van der Waals surface area (Å²) in [6.45, 7) is 8.89. The smallest absolute Gasteiger partial charge is 0.261 e. The van der Waals surface area contributed by atoms with Gasteiger partial charge < -0.3 is 5.32 Å². The topological polar surface area (TPSA) is 59.3 Å². The molecule has 27 heavy (non-hydrogen) atoms. The fourth-order valence-corrected chi connectivity index (χ4v) is 4.97. The van der Waals surface area contributed by atoms with E-state index >= 15 is 0 Å². The number of aromatic nitrogens is 3. The summed E-state index contributed by atoms with van der Waals surface area (Å²) >= 11 is 1.64. The molecule has 0 bridgehead atoms. The van der Waals surface area contributed by atoms with E-state index in [2.05, 4.69) is 42.4 Å². The number of carbonyl (C=O) groups excluding carboxylic acids is 1. The SMILES string of the molecule is CC(NC(=O)c1cc2c(s1)CCC(C(C)(C)C)C2)c1nnc2ccccn12. The van der Waals surface area contributed by atoms with Gasteiger partial charge in [0.2, 0.25) is 0 Å². The lowest BCUT2D eigenvalue weighted by Gasteiger charge is -2.33. The van der Waals surface area contributed by atoms with Crippen molar-refractivity contribution in [3.05, 3.63) is 51.6 Å². The van der Waals surface area contributed by atoms with E-state index in [-0.39, 0.29) is 11.9 Å². The largest absolute Gasteiger partial charge is 0.342 e. The highest BCUT2D eigenvalue weighted by molar-refractivity contribution is 7.14. The van der Waals surface area contributed by atoms with Gasteiger partial charge in [-0.15, -0.1) is 21.5 Å². The van der Waals surface area contributed by atoms with E-state index in [0.717, 1.165) is 29.2 Å². The van der Waals surface area contributed by atoms with Crippen molar-refractivity contribution < 1.29 is 4.79 Å². The molecule has 6 heteroatoms. The number of hydrogen-bond acceptors (Lipinski definition) is 4. The summed E-state index contributed by atoms with van der Waals surface area (Å²) in [6, 6.07) is 7.66. The molecule has 142 valence electrons. The highest BCUT2D eigenvalue weighted by Crippen LogP contribution is 2.40. The zero-order chi connectivity index (χ0) is 19.2. The molecule has 2 atom stereocenters. The number of carbonyl (C=O) groups is 1. The van der Waals surface area contributed by atoms with Crippen molar-refractivity contribution in [3.8, 4) is 0 Å². The predicted molar refractivity (Wildman–Crippen MR) is 108 cm³/mol. The zero-order valence-electron chi connectivity index (χ0n) is 16.3. The van der Waals surface area contributed by atoms with E-state index in [0.29, 0.717) is 11.3 Å². The molecule has 1 aliphatic rings. The molecule has 1 aliphatic carbocycles. The number of amides is 1. The van der Waals surface area contributed by atoms with Gasteiger partial charge in [-0.2, -0.15) is 0 Å². The summed E-state index contributed by atoms with van der Waals surface area (Å²) in [5.74, 6) is 1.40. The maximum atomic E-state index is 12.8. The molecule has 0 fully saturated rings. The average Bonchev–Trinajstić information content (AvgIpc) is 3.24. The number of aryl methyl sites for hydroxylation is 1. The first kappa shape index (κ1) is 18.2. The lowest BCUT2D eigenvalue weighted by atomic mass is 9.72. The Morgan fingerprint density at radius 2 is 2.15 bits per heavy atom. The van der Waals surface area contributed by atoms with Gasteiger partial charge in [0.25, 0.3) is 5.91 Å². The molecule has 3 aromatic heterocycles. The van der Waals surface area contributed by atoms with Crippen LogP contribution >= 0.6 is 11.3 Å². The molecule has 4 rings (SSSR count). The molecular weight excluding hydrogens is 356 g/mol. The summed E-state index contributed by atoms with van der Waals surface area (Å²) in [5, 5.41) is 11.5. The van der Waals surface area contributed by atoms with Gasteiger partial charge in [-0.1, -0.05) is 26.8 Å². The fraction of sp³-hybridized carbons (Fsp3) is 0.476. The normalized spacial score (nSPS) is 18.3. The minimum absolute atomic E-state index is 0.0260. The van der Waals surface area contributed by atoms with Gasteiger partial charge in [-0.25, -0.2) is 0 Å². The number of pyridine rings is 1. The molecule has 0 saturated heterocycles. The minimum Gasteiger partial charge on any atom is -0.342 e. The molecule has 5 nitrogen and oxygen atoms in total. The van der Waals surface area contributed by atoms with Crippen LogP contribution in [-0.4, -0.2) is 20.5 Å². The minimum atomic E-state index is -0.212. The van der Waals surface area contributed by atoms with Crippen LogP contribution in [0.2, 0.25) is 0 Å². The number of hydrogen-bond donors (Lipinski definition) is 1. The number of nitrogens with one attached hydrogen (secondary N) is 1. The van der Waals surface area contributed by atoms with Crippen molar-refractivity contribution in [1.82, 2.24) is 19.9 Å². The quantitative estimate of drug-likeness (QED) is 0.729. The number of nitrogens with zero attached hydrogens (tertiary/aromatic N) is 3. The Morgan fingerprint density at radius 3 is 2.93 bits per heavy atom. The Bertz CT molecular complexity index is 982. The average molecular weight is 383 g/mol. The molecule has 1 amide bonds. The Balaban J connectivity index is 1.50. The van der Waals surface area contributed by atoms with E-state index in [9.17, 15) is 4.79 Å². The third-order valence-electron chi connectivity index (χ3n) is 5.61. The lowest BCUT2D eigenvalue weighted by Crippen LogP contribution is -2.27. The first-order valence-corrected chi connectivity index (χ1v) is 10.4. The number of rotatable bonds is 3. The van der Waals surface area contributed by atoms with E-state index < -0.39 is 0 Å². The second-order valence-electron chi connectivity index (χ2n) is 8.55. The van der Waals surface area contributed by atoms with Gasteiger partial charge in [-0.05, 0) is 61.3 Å². The molecule has 0 spiro atoms. The van der Waals surface area contributed by atoms with Crippen LogP contribution in [0.4, 0.5) is 0 Å². The molecule has 1 N–H and O–H groups in total. The summed E-state index contributed by atoms with van der Waals surface area (Å²) in [4.78, 5) is 15.0. The number of thiophene rings is 1. The fourth-order valence-electron chi connectivity index (χ4n) is 3.86. The Morgan fingerprint density at radius 1 is 1.33 bits per heavy atom. The van der Waals surface area contributed by atoms with Crippen LogP contribution in [0.1, 0.15) is 66.1 Å². The van der Waals surface area contributed by atoms with Crippen LogP contribution in [0.3, 0.4) is 0 Å². The van der Waals surface area contributed by atoms with Crippen LogP contribution in [-0.2, 0) is 12.8 Å². The lowest BCUT2D eigenvalue weighted by molar-refractivity contribution is 0.0942. The van der Waals surface area contributed by atoms with Crippen molar-refractivity contribution in [3.63, 3.8) is 0 Å². The molecule has 3 heterocycles. The van der Waals surface area contributed by atoms with Crippen LogP contribution in [0.15, 0.2) is 30.5 Å². The van der Waals surface area contributed by atoms with E-state index in [1.807, 2.05) is 35.7 Å².